The SMILES string of the molecule is CCCCCCCCCOCCCCCCCCCCCC1CCOC1=O. The fourth-order valence-electron chi connectivity index (χ4n) is 3.90. The molecule has 0 aromatic rings. The van der Waals surface area contributed by atoms with Gasteiger partial charge in [-0.3, -0.25) is 4.79 Å². The zero-order valence-corrected chi connectivity index (χ0v) is 18.2. The molecule has 0 amide bonds. The van der Waals surface area contributed by atoms with Crippen LogP contribution in [0.4, 0.5) is 0 Å². The van der Waals surface area contributed by atoms with Gasteiger partial charge in [-0.1, -0.05) is 96.8 Å². The van der Waals surface area contributed by atoms with Crippen molar-refractivity contribution in [2.24, 2.45) is 5.92 Å². The summed E-state index contributed by atoms with van der Waals surface area (Å²) < 4.78 is 10.8. The third kappa shape index (κ3) is 15.1. The van der Waals surface area contributed by atoms with E-state index in [4.69, 9.17) is 9.47 Å². The topological polar surface area (TPSA) is 35.5 Å². The molecule has 0 bridgehead atoms. The van der Waals surface area contributed by atoms with E-state index in [2.05, 4.69) is 6.92 Å². The molecular weight excluding hydrogens is 336 g/mol. The van der Waals surface area contributed by atoms with Crippen molar-refractivity contribution >= 4 is 5.97 Å². The minimum absolute atomic E-state index is 0.0430. The Morgan fingerprint density at radius 1 is 0.741 bits per heavy atom. The van der Waals surface area contributed by atoms with Gasteiger partial charge >= 0.3 is 5.97 Å². The minimum atomic E-state index is 0.0430. The lowest BCUT2D eigenvalue weighted by atomic mass is 9.99. The highest BCUT2D eigenvalue weighted by Gasteiger charge is 2.25. The van der Waals surface area contributed by atoms with Crippen LogP contribution in [0.5, 0.6) is 0 Å². The summed E-state index contributed by atoms with van der Waals surface area (Å²) in [6.07, 6.45) is 23.3. The van der Waals surface area contributed by atoms with E-state index in [1.165, 1.54) is 103 Å². The number of ether oxygens (including phenoxy) is 2. The summed E-state index contributed by atoms with van der Waals surface area (Å²) in [5.41, 5.74) is 0. The Balaban J connectivity index is 1.66. The summed E-state index contributed by atoms with van der Waals surface area (Å²) in [7, 11) is 0. The van der Waals surface area contributed by atoms with Gasteiger partial charge in [0.2, 0.25) is 0 Å². The van der Waals surface area contributed by atoms with Gasteiger partial charge in [0, 0.05) is 13.2 Å². The molecule has 3 heteroatoms. The highest BCUT2D eigenvalue weighted by Crippen LogP contribution is 2.21. The van der Waals surface area contributed by atoms with E-state index in [1.807, 2.05) is 0 Å². The molecule has 0 saturated carbocycles. The molecular formula is C24H46O3. The second kappa shape index (κ2) is 18.8. The summed E-state index contributed by atoms with van der Waals surface area (Å²) in [4.78, 5) is 11.4. The maximum atomic E-state index is 11.4. The highest BCUT2D eigenvalue weighted by molar-refractivity contribution is 5.73. The average molecular weight is 383 g/mol. The number of cyclic esters (lactones) is 1. The van der Waals surface area contributed by atoms with Crippen molar-refractivity contribution in [2.75, 3.05) is 19.8 Å². The first-order valence-corrected chi connectivity index (χ1v) is 12.1. The van der Waals surface area contributed by atoms with Crippen LogP contribution in [-0.2, 0) is 14.3 Å². The normalized spacial score (nSPS) is 16.8. The Kier molecular flexibility index (Phi) is 17.0. The molecule has 1 unspecified atom stereocenters. The van der Waals surface area contributed by atoms with E-state index < -0.39 is 0 Å². The van der Waals surface area contributed by atoms with E-state index in [0.717, 1.165) is 26.1 Å². The molecule has 0 aromatic carbocycles. The van der Waals surface area contributed by atoms with Crippen LogP contribution in [0.2, 0.25) is 0 Å². The number of hydrogen-bond acceptors (Lipinski definition) is 3. The van der Waals surface area contributed by atoms with Crippen molar-refractivity contribution in [2.45, 2.75) is 122 Å². The van der Waals surface area contributed by atoms with Gasteiger partial charge < -0.3 is 9.47 Å². The van der Waals surface area contributed by atoms with Crippen molar-refractivity contribution in [1.82, 2.24) is 0 Å². The van der Waals surface area contributed by atoms with Crippen LogP contribution < -0.4 is 0 Å². The first kappa shape index (κ1) is 24.5. The lowest BCUT2D eigenvalue weighted by Crippen LogP contribution is -2.06. The zero-order chi connectivity index (χ0) is 19.4. The molecule has 0 radical (unpaired) electrons. The van der Waals surface area contributed by atoms with Crippen molar-refractivity contribution in [3.63, 3.8) is 0 Å². The van der Waals surface area contributed by atoms with Gasteiger partial charge in [0.15, 0.2) is 0 Å². The van der Waals surface area contributed by atoms with Gasteiger partial charge in [-0.15, -0.1) is 0 Å². The maximum Gasteiger partial charge on any atom is 0.309 e. The van der Waals surface area contributed by atoms with Crippen molar-refractivity contribution in [3.8, 4) is 0 Å². The van der Waals surface area contributed by atoms with Crippen LogP contribution in [-0.4, -0.2) is 25.8 Å². The third-order valence-corrected chi connectivity index (χ3v) is 5.78. The summed E-state index contributed by atoms with van der Waals surface area (Å²) in [6.45, 7) is 4.84. The zero-order valence-electron chi connectivity index (χ0n) is 18.2. The predicted molar refractivity (Wildman–Crippen MR) is 114 cm³/mol. The lowest BCUT2D eigenvalue weighted by molar-refractivity contribution is -0.141. The number of esters is 1. The smallest absolute Gasteiger partial charge is 0.309 e. The van der Waals surface area contributed by atoms with Crippen molar-refractivity contribution in [1.29, 1.82) is 0 Å². The summed E-state index contributed by atoms with van der Waals surface area (Å²) in [5.74, 6) is 0.249. The fraction of sp³-hybridized carbons (Fsp3) is 0.958. The second-order valence-electron chi connectivity index (χ2n) is 8.36. The predicted octanol–water partition coefficient (Wildman–Crippen LogP) is 7.22. The number of hydrogen-bond donors (Lipinski definition) is 0. The minimum Gasteiger partial charge on any atom is -0.465 e. The Labute approximate surface area is 169 Å². The Hall–Kier alpha value is -0.570. The Morgan fingerprint density at radius 3 is 1.70 bits per heavy atom. The highest BCUT2D eigenvalue weighted by atomic mass is 16.5. The van der Waals surface area contributed by atoms with Crippen LogP contribution in [0.3, 0.4) is 0 Å². The first-order chi connectivity index (χ1) is 13.3. The van der Waals surface area contributed by atoms with Gasteiger partial charge in [-0.05, 0) is 25.7 Å². The third-order valence-electron chi connectivity index (χ3n) is 5.78. The molecule has 27 heavy (non-hydrogen) atoms. The molecule has 1 rings (SSSR count). The van der Waals surface area contributed by atoms with Crippen molar-refractivity contribution in [3.05, 3.63) is 0 Å². The first-order valence-electron chi connectivity index (χ1n) is 12.1. The molecule has 1 aliphatic rings. The molecule has 1 fully saturated rings. The van der Waals surface area contributed by atoms with Gasteiger partial charge in [0.05, 0.1) is 12.5 Å². The quantitative estimate of drug-likeness (QED) is 0.165. The summed E-state index contributed by atoms with van der Waals surface area (Å²) in [5, 5.41) is 0. The van der Waals surface area contributed by atoms with Gasteiger partial charge in [-0.2, -0.15) is 0 Å². The standard InChI is InChI=1S/C24H46O3/c1-2-3-4-5-10-13-16-20-26-21-17-14-11-8-6-7-9-12-15-18-23-19-22-27-24(23)25/h23H,2-22H2,1H3. The van der Waals surface area contributed by atoms with Crippen LogP contribution >= 0.6 is 0 Å². The summed E-state index contributed by atoms with van der Waals surface area (Å²) >= 11 is 0. The number of carbonyl (C=O) groups is 1. The second-order valence-corrected chi connectivity index (χ2v) is 8.36. The molecule has 0 aromatic heterocycles. The molecule has 1 heterocycles. The number of rotatable bonds is 20. The monoisotopic (exact) mass is 382 g/mol. The molecule has 1 atom stereocenters. The van der Waals surface area contributed by atoms with Gasteiger partial charge in [0.25, 0.3) is 0 Å². The van der Waals surface area contributed by atoms with E-state index >= 15 is 0 Å². The molecule has 1 saturated heterocycles. The molecule has 160 valence electrons. The molecule has 1 aliphatic heterocycles. The van der Waals surface area contributed by atoms with Gasteiger partial charge in [-0.25, -0.2) is 0 Å². The van der Waals surface area contributed by atoms with E-state index in [9.17, 15) is 4.79 Å². The number of carbonyl (C=O) groups excluding carboxylic acids is 1. The van der Waals surface area contributed by atoms with Crippen LogP contribution in [0.25, 0.3) is 0 Å². The largest absolute Gasteiger partial charge is 0.465 e. The average Bonchev–Trinajstić information content (AvgIpc) is 3.08. The van der Waals surface area contributed by atoms with Crippen molar-refractivity contribution < 1.29 is 14.3 Å². The Morgan fingerprint density at radius 2 is 1.22 bits per heavy atom. The van der Waals surface area contributed by atoms with Crippen LogP contribution in [0.15, 0.2) is 0 Å². The maximum absolute atomic E-state index is 11.4. The fourth-order valence-corrected chi connectivity index (χ4v) is 3.90. The molecule has 0 aliphatic carbocycles. The van der Waals surface area contributed by atoms with E-state index in [0.29, 0.717) is 6.61 Å². The lowest BCUT2D eigenvalue weighted by Gasteiger charge is -2.06. The summed E-state index contributed by atoms with van der Waals surface area (Å²) in [6, 6.07) is 0. The van der Waals surface area contributed by atoms with Gasteiger partial charge in [0.1, 0.15) is 0 Å². The van der Waals surface area contributed by atoms with Crippen LogP contribution in [0, 0.1) is 5.92 Å². The molecule has 0 spiro atoms. The Bertz CT molecular complexity index is 330. The molecule has 3 nitrogen and oxygen atoms in total. The van der Waals surface area contributed by atoms with Crippen LogP contribution in [0.1, 0.15) is 122 Å². The van der Waals surface area contributed by atoms with E-state index in [-0.39, 0.29) is 11.9 Å². The number of unbranched alkanes of at least 4 members (excludes halogenated alkanes) is 14. The van der Waals surface area contributed by atoms with E-state index in [1.54, 1.807) is 0 Å². The molecule has 0 N–H and O–H groups in total.